The molecule has 1 aliphatic rings. The maximum Gasteiger partial charge on any atom is 0.263 e. The van der Waals surface area contributed by atoms with Gasteiger partial charge in [0.05, 0.1) is 12.1 Å². The summed E-state index contributed by atoms with van der Waals surface area (Å²) in [5.41, 5.74) is 7.91. The van der Waals surface area contributed by atoms with Crippen molar-refractivity contribution in [3.63, 3.8) is 0 Å². The van der Waals surface area contributed by atoms with E-state index in [4.69, 9.17) is 5.73 Å². The summed E-state index contributed by atoms with van der Waals surface area (Å²) in [5.74, 6) is 0.220. The van der Waals surface area contributed by atoms with E-state index >= 15 is 0 Å². The number of nitrogens with zero attached hydrogens (tertiary/aromatic N) is 1. The van der Waals surface area contributed by atoms with Crippen molar-refractivity contribution >= 4 is 17.9 Å². The molecule has 1 aromatic heterocycles. The lowest BCUT2D eigenvalue weighted by molar-refractivity contribution is 0.0961. The number of nitrogens with one attached hydrogen (secondary N) is 1. The molecule has 6 heteroatoms. The third-order valence-corrected chi connectivity index (χ3v) is 5.11. The Morgan fingerprint density at radius 1 is 1.29 bits per heavy atom. The predicted octanol–water partition coefficient (Wildman–Crippen LogP) is 3.75. The Balaban J connectivity index is 0.000000762. The number of carbonyl (C=O) groups is 2. The highest BCUT2D eigenvalue weighted by Crippen LogP contribution is 2.26. The molecular formula is C25H33N3O3. The number of carbonyl (C=O) groups excluding carboxylic acids is 2. The Hall–Kier alpha value is -3.15. The van der Waals surface area contributed by atoms with Gasteiger partial charge in [-0.05, 0) is 41.5 Å². The molecule has 1 saturated carbocycles. The monoisotopic (exact) mass is 423 g/mol. The van der Waals surface area contributed by atoms with Gasteiger partial charge in [-0.2, -0.15) is 0 Å². The van der Waals surface area contributed by atoms with Gasteiger partial charge in [-0.25, -0.2) is 0 Å². The van der Waals surface area contributed by atoms with Gasteiger partial charge in [0, 0.05) is 13.2 Å². The van der Waals surface area contributed by atoms with Crippen LogP contribution in [-0.4, -0.2) is 23.4 Å². The summed E-state index contributed by atoms with van der Waals surface area (Å²) in [5, 5.41) is 2.42. The molecule has 0 saturated heterocycles. The fourth-order valence-electron chi connectivity index (χ4n) is 2.94. The third-order valence-electron chi connectivity index (χ3n) is 5.11. The second kappa shape index (κ2) is 10.8. The van der Waals surface area contributed by atoms with Crippen molar-refractivity contribution in [1.29, 1.82) is 0 Å². The minimum Gasteiger partial charge on any atom is -0.366 e. The van der Waals surface area contributed by atoms with Gasteiger partial charge in [0.15, 0.2) is 0 Å². The van der Waals surface area contributed by atoms with Crippen LogP contribution in [0.15, 0.2) is 41.3 Å². The molecule has 2 aromatic rings. The van der Waals surface area contributed by atoms with Crippen LogP contribution in [0.5, 0.6) is 0 Å². The highest BCUT2D eigenvalue weighted by molar-refractivity contribution is 5.98. The lowest BCUT2D eigenvalue weighted by atomic mass is 9.99. The van der Waals surface area contributed by atoms with Crippen molar-refractivity contribution in [1.82, 2.24) is 9.88 Å². The average Bonchev–Trinajstić information content (AvgIpc) is 3.50. The average molecular weight is 424 g/mol. The molecule has 0 atom stereocenters. The number of amides is 2. The number of primary amides is 1. The highest BCUT2D eigenvalue weighted by Gasteiger charge is 2.16. The van der Waals surface area contributed by atoms with Gasteiger partial charge >= 0.3 is 0 Å². The summed E-state index contributed by atoms with van der Waals surface area (Å²) < 4.78 is 1.35. The number of allylic oxidation sites excluding steroid dienone is 1. The number of benzene rings is 1. The van der Waals surface area contributed by atoms with Crippen molar-refractivity contribution in [3.8, 4) is 0 Å². The first-order valence-corrected chi connectivity index (χ1v) is 10.7. The summed E-state index contributed by atoms with van der Waals surface area (Å²) >= 11 is 0. The number of nitrogens with two attached hydrogens (primary N) is 1. The van der Waals surface area contributed by atoms with Gasteiger partial charge in [-0.3, -0.25) is 14.4 Å². The van der Waals surface area contributed by atoms with Crippen molar-refractivity contribution in [2.24, 2.45) is 17.6 Å². The summed E-state index contributed by atoms with van der Waals surface area (Å²) in [6.45, 7) is 8.68. The van der Waals surface area contributed by atoms with Crippen molar-refractivity contribution < 1.29 is 9.59 Å². The first-order valence-electron chi connectivity index (χ1n) is 10.7. The Labute approximate surface area is 184 Å². The SMILES string of the molecule is CC1CC1.CNC(=O)c1cc(C(N)=O)cn(Cc2cccc(C)c2/C=C\C(C)C)c1=O. The second-order valence-electron chi connectivity index (χ2n) is 8.45. The second-order valence-corrected chi connectivity index (χ2v) is 8.45. The molecule has 0 spiro atoms. The van der Waals surface area contributed by atoms with Gasteiger partial charge in [0.1, 0.15) is 5.56 Å². The van der Waals surface area contributed by atoms with Crippen molar-refractivity contribution in [3.05, 3.63) is 74.7 Å². The van der Waals surface area contributed by atoms with E-state index in [0.29, 0.717) is 5.92 Å². The molecule has 3 rings (SSSR count). The van der Waals surface area contributed by atoms with Gasteiger partial charge < -0.3 is 15.6 Å². The Kier molecular flexibility index (Phi) is 8.37. The van der Waals surface area contributed by atoms with Crippen LogP contribution in [0.25, 0.3) is 6.08 Å². The Morgan fingerprint density at radius 3 is 2.45 bits per heavy atom. The summed E-state index contributed by atoms with van der Waals surface area (Å²) in [7, 11) is 1.43. The van der Waals surface area contributed by atoms with Gasteiger partial charge in [-0.1, -0.05) is 64.0 Å². The third kappa shape index (κ3) is 6.95. The van der Waals surface area contributed by atoms with Gasteiger partial charge in [0.25, 0.3) is 11.5 Å². The zero-order valence-electron chi connectivity index (χ0n) is 19.1. The van der Waals surface area contributed by atoms with Crippen LogP contribution in [0.2, 0.25) is 0 Å². The first-order chi connectivity index (χ1) is 14.6. The van der Waals surface area contributed by atoms with Gasteiger partial charge in [0.2, 0.25) is 5.91 Å². The van der Waals surface area contributed by atoms with Crippen LogP contribution < -0.4 is 16.6 Å². The lowest BCUT2D eigenvalue weighted by Gasteiger charge is -2.14. The molecule has 0 radical (unpaired) electrons. The molecule has 3 N–H and O–H groups in total. The molecule has 1 aliphatic carbocycles. The number of rotatable bonds is 6. The number of pyridine rings is 1. The minimum absolute atomic E-state index is 0.110. The smallest absolute Gasteiger partial charge is 0.263 e. The fraction of sp³-hybridized carbons (Fsp3) is 0.400. The topological polar surface area (TPSA) is 94.2 Å². The first kappa shape index (κ1) is 24.1. The van der Waals surface area contributed by atoms with Crippen LogP contribution in [-0.2, 0) is 6.54 Å². The summed E-state index contributed by atoms with van der Waals surface area (Å²) in [4.78, 5) is 36.4. The zero-order valence-corrected chi connectivity index (χ0v) is 19.1. The van der Waals surface area contributed by atoms with Crippen molar-refractivity contribution in [2.45, 2.75) is 47.1 Å². The molecule has 0 aliphatic heterocycles. The van der Waals surface area contributed by atoms with E-state index in [0.717, 1.165) is 22.6 Å². The molecule has 1 aromatic carbocycles. The molecule has 0 bridgehead atoms. The molecule has 0 unspecified atom stereocenters. The maximum atomic E-state index is 12.7. The van der Waals surface area contributed by atoms with Crippen LogP contribution in [0.4, 0.5) is 0 Å². The van der Waals surface area contributed by atoms with E-state index in [9.17, 15) is 14.4 Å². The van der Waals surface area contributed by atoms with Crippen LogP contribution in [0.3, 0.4) is 0 Å². The van der Waals surface area contributed by atoms with Crippen molar-refractivity contribution in [2.75, 3.05) is 7.05 Å². The number of hydrogen-bond acceptors (Lipinski definition) is 3. The quantitative estimate of drug-likeness (QED) is 0.741. The molecule has 1 fully saturated rings. The molecule has 31 heavy (non-hydrogen) atoms. The zero-order chi connectivity index (χ0) is 23.1. The van der Waals surface area contributed by atoms with E-state index in [1.807, 2.05) is 31.2 Å². The number of hydrogen-bond donors (Lipinski definition) is 2. The maximum absolute atomic E-state index is 12.7. The Bertz CT molecular complexity index is 1030. The van der Waals surface area contributed by atoms with E-state index in [-0.39, 0.29) is 17.7 Å². The normalized spacial score (nSPS) is 13.1. The highest BCUT2D eigenvalue weighted by atomic mass is 16.2. The lowest BCUT2D eigenvalue weighted by Crippen LogP contribution is -2.33. The Morgan fingerprint density at radius 2 is 1.94 bits per heavy atom. The minimum atomic E-state index is -0.696. The van der Waals surface area contributed by atoms with E-state index in [1.165, 1.54) is 36.7 Å². The molecular weight excluding hydrogens is 390 g/mol. The van der Waals surface area contributed by atoms with E-state index in [2.05, 4.69) is 32.2 Å². The molecule has 2 amide bonds. The molecule has 166 valence electrons. The standard InChI is InChI=1S/C21H25N3O3.C4H8/c1-13(2)8-9-17-14(3)6-5-7-15(17)11-24-12-16(19(22)25)10-18(21(24)27)20(26)23-4;1-4-2-3-4/h5-10,12-13H,11H2,1-4H3,(H2,22,25)(H,23,26);4H,2-3H2,1H3/b9-8-;. The molecule has 6 nitrogen and oxygen atoms in total. The van der Waals surface area contributed by atoms with Gasteiger partial charge in [-0.15, -0.1) is 0 Å². The summed E-state index contributed by atoms with van der Waals surface area (Å²) in [6, 6.07) is 7.08. The largest absolute Gasteiger partial charge is 0.366 e. The predicted molar refractivity (Wildman–Crippen MR) is 125 cm³/mol. The van der Waals surface area contributed by atoms with E-state index in [1.54, 1.807) is 0 Å². The van der Waals surface area contributed by atoms with Crippen LogP contribution in [0.1, 0.15) is 71.0 Å². The number of aryl methyl sites for hydroxylation is 1. The van der Waals surface area contributed by atoms with E-state index < -0.39 is 17.4 Å². The summed E-state index contributed by atoms with van der Waals surface area (Å²) in [6.07, 6.45) is 8.50. The fourth-order valence-corrected chi connectivity index (χ4v) is 2.94. The number of aromatic nitrogens is 1. The van der Waals surface area contributed by atoms with Crippen LogP contribution in [0, 0.1) is 18.8 Å². The molecule has 1 heterocycles. The van der Waals surface area contributed by atoms with Crippen LogP contribution >= 0.6 is 0 Å².